The summed E-state index contributed by atoms with van der Waals surface area (Å²) in [7, 11) is 0. The summed E-state index contributed by atoms with van der Waals surface area (Å²) in [6.07, 6.45) is 4.21. The average molecular weight is 168 g/mol. The minimum atomic E-state index is 0.306. The van der Waals surface area contributed by atoms with Crippen molar-refractivity contribution in [3.8, 4) is 0 Å². The summed E-state index contributed by atoms with van der Waals surface area (Å²) in [4.78, 5) is 0. The van der Waals surface area contributed by atoms with Gasteiger partial charge in [-0.15, -0.1) is 6.58 Å². The minimum Gasteiger partial charge on any atom is -0.103 e. The van der Waals surface area contributed by atoms with Gasteiger partial charge in [-0.05, 0) is 18.3 Å². The number of allylic oxidation sites excluding steroid dienone is 2. The lowest BCUT2D eigenvalue weighted by Gasteiger charge is -2.08. The van der Waals surface area contributed by atoms with Gasteiger partial charge in [0.05, 0.1) is 0 Å². The molecule has 0 radical (unpaired) electrons. The summed E-state index contributed by atoms with van der Waals surface area (Å²) < 4.78 is 0. The minimum absolute atomic E-state index is 0.306. The highest BCUT2D eigenvalue weighted by Crippen LogP contribution is 2.11. The first-order valence-corrected chi connectivity index (χ1v) is 4.67. The molecule has 0 aromatic carbocycles. The largest absolute Gasteiger partial charge is 0.103 e. The van der Waals surface area contributed by atoms with Crippen LogP contribution in [0.2, 0.25) is 0 Å². The van der Waals surface area contributed by atoms with Gasteiger partial charge in [0.1, 0.15) is 0 Å². The van der Waals surface area contributed by atoms with Crippen LogP contribution in [0.4, 0.5) is 0 Å². The summed E-state index contributed by atoms with van der Waals surface area (Å²) in [5.41, 5.74) is 1.65. The normalized spacial score (nSPS) is 9.75. The molecule has 0 rings (SSSR count). The Morgan fingerprint density at radius 3 is 1.42 bits per heavy atom. The monoisotopic (exact) mass is 168 g/mol. The van der Waals surface area contributed by atoms with Crippen LogP contribution >= 0.6 is 0 Å². The molecule has 0 saturated carbocycles. The van der Waals surface area contributed by atoms with E-state index in [-0.39, 0.29) is 0 Å². The van der Waals surface area contributed by atoms with Crippen molar-refractivity contribution in [2.24, 2.45) is 5.41 Å². The van der Waals surface area contributed by atoms with E-state index in [1.807, 2.05) is 6.08 Å². The predicted molar refractivity (Wildman–Crippen MR) is 59.4 cm³/mol. The summed E-state index contributed by atoms with van der Waals surface area (Å²) in [5, 5.41) is 0. The lowest BCUT2D eigenvalue weighted by Crippen LogP contribution is -1.96. The van der Waals surface area contributed by atoms with Gasteiger partial charge in [0.15, 0.2) is 0 Å². The summed E-state index contributed by atoms with van der Waals surface area (Å²) in [5.74, 6) is 0. The zero-order chi connectivity index (χ0) is 10.2. The lowest BCUT2D eigenvalue weighted by atomic mass is 9.98. The third kappa shape index (κ3) is 16.2. The van der Waals surface area contributed by atoms with E-state index in [2.05, 4.69) is 47.8 Å². The SMILES string of the molecule is C=C(CC)CC.C=CC(C)(C)C. The smallest absolute Gasteiger partial charge is 0.0206 e. The zero-order valence-corrected chi connectivity index (χ0v) is 9.41. The van der Waals surface area contributed by atoms with Gasteiger partial charge in [-0.3, -0.25) is 0 Å². The number of rotatable bonds is 2. The standard InChI is InChI=1S/2C6H12/c1-5-6(2,3)4;1-4-6(3)5-2/h5H,1H2,2-4H3;3-5H2,1-2H3. The van der Waals surface area contributed by atoms with E-state index in [1.165, 1.54) is 5.57 Å². The van der Waals surface area contributed by atoms with Crippen LogP contribution in [0.25, 0.3) is 0 Å². The van der Waals surface area contributed by atoms with Crippen molar-refractivity contribution in [2.45, 2.75) is 47.5 Å². The zero-order valence-electron chi connectivity index (χ0n) is 9.41. The van der Waals surface area contributed by atoms with Gasteiger partial charge < -0.3 is 0 Å². The number of hydrogen-bond acceptors (Lipinski definition) is 0. The quantitative estimate of drug-likeness (QED) is 0.529. The van der Waals surface area contributed by atoms with Gasteiger partial charge in [0.2, 0.25) is 0 Å². The molecule has 0 aromatic heterocycles. The highest BCUT2D eigenvalue weighted by atomic mass is 14.0. The van der Waals surface area contributed by atoms with Gasteiger partial charge in [-0.25, -0.2) is 0 Å². The summed E-state index contributed by atoms with van der Waals surface area (Å²) in [6, 6.07) is 0. The fraction of sp³-hybridized carbons (Fsp3) is 0.667. The molecule has 0 unspecified atom stereocenters. The molecule has 0 amide bonds. The van der Waals surface area contributed by atoms with Gasteiger partial charge in [-0.2, -0.15) is 0 Å². The molecule has 0 heterocycles. The van der Waals surface area contributed by atoms with Crippen LogP contribution in [-0.2, 0) is 0 Å². The maximum Gasteiger partial charge on any atom is -0.0206 e. The van der Waals surface area contributed by atoms with Crippen molar-refractivity contribution >= 4 is 0 Å². The molecule has 0 heteroatoms. The fourth-order valence-electron chi connectivity index (χ4n) is 0.250. The van der Waals surface area contributed by atoms with E-state index < -0.39 is 0 Å². The molecule has 0 aliphatic carbocycles. The van der Waals surface area contributed by atoms with Gasteiger partial charge in [0.25, 0.3) is 0 Å². The Kier molecular flexibility index (Phi) is 8.36. The molecular formula is C12H24. The Bertz CT molecular complexity index is 117. The van der Waals surface area contributed by atoms with E-state index in [1.54, 1.807) is 0 Å². The van der Waals surface area contributed by atoms with E-state index in [0.29, 0.717) is 5.41 Å². The van der Waals surface area contributed by atoms with Crippen molar-refractivity contribution in [3.63, 3.8) is 0 Å². The van der Waals surface area contributed by atoms with Crippen LogP contribution in [-0.4, -0.2) is 0 Å². The number of hydrogen-bond donors (Lipinski definition) is 0. The average Bonchev–Trinajstić information content (AvgIpc) is 2.03. The molecule has 0 aliphatic heterocycles. The van der Waals surface area contributed by atoms with E-state index >= 15 is 0 Å². The molecule has 72 valence electrons. The topological polar surface area (TPSA) is 0 Å². The second-order valence-corrected chi connectivity index (χ2v) is 4.03. The fourth-order valence-corrected chi connectivity index (χ4v) is 0.250. The molecule has 0 atom stereocenters. The van der Waals surface area contributed by atoms with Crippen LogP contribution in [0.5, 0.6) is 0 Å². The van der Waals surface area contributed by atoms with Crippen LogP contribution in [0.15, 0.2) is 24.8 Å². The third-order valence-corrected chi connectivity index (χ3v) is 1.61. The van der Waals surface area contributed by atoms with Crippen LogP contribution < -0.4 is 0 Å². The third-order valence-electron chi connectivity index (χ3n) is 1.61. The summed E-state index contributed by atoms with van der Waals surface area (Å²) >= 11 is 0. The van der Waals surface area contributed by atoms with Gasteiger partial charge >= 0.3 is 0 Å². The van der Waals surface area contributed by atoms with Gasteiger partial charge in [-0.1, -0.05) is 52.8 Å². The summed E-state index contributed by atoms with van der Waals surface area (Å²) in [6.45, 7) is 18.1. The molecule has 0 fully saturated rings. The van der Waals surface area contributed by atoms with Crippen LogP contribution in [0.1, 0.15) is 47.5 Å². The molecular weight excluding hydrogens is 144 g/mol. The molecule has 0 aliphatic rings. The first-order valence-electron chi connectivity index (χ1n) is 4.67. The van der Waals surface area contributed by atoms with Crippen molar-refractivity contribution in [1.82, 2.24) is 0 Å². The Hall–Kier alpha value is -0.520. The molecule has 12 heavy (non-hydrogen) atoms. The molecule has 0 nitrogen and oxygen atoms in total. The maximum absolute atomic E-state index is 3.79. The predicted octanol–water partition coefficient (Wildman–Crippen LogP) is 4.58. The maximum atomic E-state index is 3.79. The molecule has 0 bridgehead atoms. The Labute approximate surface area is 78.4 Å². The van der Waals surface area contributed by atoms with Crippen molar-refractivity contribution < 1.29 is 0 Å². The first-order chi connectivity index (χ1) is 5.37. The lowest BCUT2D eigenvalue weighted by molar-refractivity contribution is 0.546. The van der Waals surface area contributed by atoms with E-state index in [4.69, 9.17) is 0 Å². The first kappa shape index (κ1) is 14.0. The Morgan fingerprint density at radius 2 is 1.42 bits per heavy atom. The van der Waals surface area contributed by atoms with Crippen molar-refractivity contribution in [3.05, 3.63) is 24.8 Å². The highest BCUT2D eigenvalue weighted by molar-refractivity contribution is 4.89. The second-order valence-electron chi connectivity index (χ2n) is 4.03. The van der Waals surface area contributed by atoms with Crippen molar-refractivity contribution in [1.29, 1.82) is 0 Å². The van der Waals surface area contributed by atoms with E-state index in [9.17, 15) is 0 Å². The second kappa shape index (κ2) is 7.15. The molecule has 0 saturated heterocycles. The van der Waals surface area contributed by atoms with Gasteiger partial charge in [0, 0.05) is 0 Å². The van der Waals surface area contributed by atoms with Crippen molar-refractivity contribution in [2.75, 3.05) is 0 Å². The highest BCUT2D eigenvalue weighted by Gasteiger charge is 1.99. The van der Waals surface area contributed by atoms with E-state index in [0.717, 1.165) is 12.8 Å². The molecule has 0 spiro atoms. The Morgan fingerprint density at radius 1 is 1.17 bits per heavy atom. The van der Waals surface area contributed by atoms with Crippen LogP contribution in [0, 0.1) is 5.41 Å². The Balaban J connectivity index is 0. The van der Waals surface area contributed by atoms with Crippen LogP contribution in [0.3, 0.4) is 0 Å². The molecule has 0 N–H and O–H groups in total. The molecule has 0 aromatic rings.